The first-order valence-electron chi connectivity index (χ1n) is 13.9. The summed E-state index contributed by atoms with van der Waals surface area (Å²) in [6.45, 7) is 16.3. The highest BCUT2D eigenvalue weighted by Gasteiger charge is 2.02. The SMILES string of the molecule is C=C(C)C(=O)OCCOCCOCCOCCOCCOCCOCCOCCOCCOCCOCCNC. The van der Waals surface area contributed by atoms with Crippen LogP contribution in [-0.2, 0) is 56.9 Å². The second kappa shape index (κ2) is 34.0. The molecule has 0 amide bonds. The third kappa shape index (κ3) is 33.0. The van der Waals surface area contributed by atoms with E-state index in [9.17, 15) is 4.79 Å². The number of nitrogens with one attached hydrogen (secondary N) is 1. The number of ether oxygens (including phenoxy) is 11. The first-order valence-corrected chi connectivity index (χ1v) is 13.9. The maximum absolute atomic E-state index is 11.2. The molecule has 0 aromatic carbocycles. The Hall–Kier alpha value is -1.23. The third-order valence-corrected chi connectivity index (χ3v) is 4.65. The molecule has 0 aliphatic rings. The molecule has 0 aliphatic heterocycles. The van der Waals surface area contributed by atoms with Gasteiger partial charge in [0.05, 0.1) is 132 Å². The lowest BCUT2D eigenvalue weighted by Gasteiger charge is -2.09. The van der Waals surface area contributed by atoms with Crippen LogP contribution in [-0.4, -0.2) is 158 Å². The molecule has 0 heterocycles. The maximum Gasteiger partial charge on any atom is 0.333 e. The number of esters is 1. The summed E-state index contributed by atoms with van der Waals surface area (Å²) >= 11 is 0. The zero-order valence-electron chi connectivity index (χ0n) is 24.7. The molecular formula is C27H53NO12. The van der Waals surface area contributed by atoms with Gasteiger partial charge >= 0.3 is 5.97 Å². The van der Waals surface area contributed by atoms with E-state index < -0.39 is 5.97 Å². The Morgan fingerprint density at radius 2 is 0.675 bits per heavy atom. The smallest absolute Gasteiger partial charge is 0.333 e. The highest BCUT2D eigenvalue weighted by molar-refractivity contribution is 5.86. The van der Waals surface area contributed by atoms with Crippen molar-refractivity contribution in [2.24, 2.45) is 0 Å². The van der Waals surface area contributed by atoms with Crippen molar-refractivity contribution in [3.63, 3.8) is 0 Å². The van der Waals surface area contributed by atoms with Gasteiger partial charge in [-0.15, -0.1) is 0 Å². The summed E-state index contributed by atoms with van der Waals surface area (Å²) in [6.07, 6.45) is 0. The molecule has 0 saturated carbocycles. The minimum atomic E-state index is -0.411. The zero-order chi connectivity index (χ0) is 29.2. The summed E-state index contributed by atoms with van der Waals surface area (Å²) in [4.78, 5) is 11.2. The van der Waals surface area contributed by atoms with Crippen LogP contribution in [0.5, 0.6) is 0 Å². The van der Waals surface area contributed by atoms with Crippen molar-refractivity contribution < 1.29 is 56.9 Å². The van der Waals surface area contributed by atoms with E-state index in [1.54, 1.807) is 6.92 Å². The Morgan fingerprint density at radius 3 is 0.900 bits per heavy atom. The van der Waals surface area contributed by atoms with E-state index in [1.807, 2.05) is 7.05 Å². The van der Waals surface area contributed by atoms with Gasteiger partial charge in [-0.05, 0) is 14.0 Å². The van der Waals surface area contributed by atoms with Crippen LogP contribution >= 0.6 is 0 Å². The number of hydrogen-bond acceptors (Lipinski definition) is 13. The molecule has 0 unspecified atom stereocenters. The number of hydrogen-bond donors (Lipinski definition) is 1. The van der Waals surface area contributed by atoms with Gasteiger partial charge in [0.2, 0.25) is 0 Å². The Kier molecular flexibility index (Phi) is 32.9. The Balaban J connectivity index is 3.06. The van der Waals surface area contributed by atoms with Crippen molar-refractivity contribution in [2.45, 2.75) is 6.92 Å². The average molecular weight is 584 g/mol. The molecule has 0 atom stereocenters. The highest BCUT2D eigenvalue weighted by Crippen LogP contribution is 1.92. The number of carbonyl (C=O) groups excluding carboxylic acids is 1. The van der Waals surface area contributed by atoms with E-state index >= 15 is 0 Å². The van der Waals surface area contributed by atoms with Crippen molar-refractivity contribution in [1.29, 1.82) is 0 Å². The minimum absolute atomic E-state index is 0.202. The second-order valence-corrected chi connectivity index (χ2v) is 8.14. The van der Waals surface area contributed by atoms with Crippen LogP contribution in [0.25, 0.3) is 0 Å². The summed E-state index contributed by atoms with van der Waals surface area (Å²) in [5, 5.41) is 3.01. The fourth-order valence-electron chi connectivity index (χ4n) is 2.57. The number of likely N-dealkylation sites (N-methyl/N-ethyl adjacent to an activating group) is 1. The van der Waals surface area contributed by atoms with Crippen molar-refractivity contribution in [1.82, 2.24) is 5.32 Å². The van der Waals surface area contributed by atoms with Gasteiger partial charge in [-0.1, -0.05) is 6.58 Å². The van der Waals surface area contributed by atoms with E-state index in [-0.39, 0.29) is 6.61 Å². The van der Waals surface area contributed by atoms with Crippen molar-refractivity contribution in [2.75, 3.05) is 152 Å². The van der Waals surface area contributed by atoms with Gasteiger partial charge in [0.1, 0.15) is 6.61 Å². The van der Waals surface area contributed by atoms with Crippen molar-refractivity contribution in [3.05, 3.63) is 12.2 Å². The van der Waals surface area contributed by atoms with E-state index in [0.29, 0.717) is 138 Å². The first-order chi connectivity index (χ1) is 19.7. The largest absolute Gasteiger partial charge is 0.460 e. The molecule has 40 heavy (non-hydrogen) atoms. The Labute approximate surface area is 239 Å². The molecule has 13 heteroatoms. The van der Waals surface area contributed by atoms with Gasteiger partial charge in [0.25, 0.3) is 0 Å². The van der Waals surface area contributed by atoms with Gasteiger partial charge in [-0.25, -0.2) is 4.79 Å². The molecule has 13 nitrogen and oxygen atoms in total. The minimum Gasteiger partial charge on any atom is -0.460 e. The normalized spacial score (nSPS) is 11.2. The van der Waals surface area contributed by atoms with Gasteiger partial charge in [-0.3, -0.25) is 0 Å². The van der Waals surface area contributed by atoms with E-state index in [2.05, 4.69) is 11.9 Å². The highest BCUT2D eigenvalue weighted by atomic mass is 16.6. The lowest BCUT2D eigenvalue weighted by atomic mass is 10.4. The third-order valence-electron chi connectivity index (χ3n) is 4.65. The Morgan fingerprint density at radius 1 is 0.450 bits per heavy atom. The molecule has 0 aromatic rings. The van der Waals surface area contributed by atoms with E-state index in [0.717, 1.165) is 6.54 Å². The Bertz CT molecular complexity index is 542. The van der Waals surface area contributed by atoms with Crippen LogP contribution in [0.2, 0.25) is 0 Å². The van der Waals surface area contributed by atoms with Crippen molar-refractivity contribution in [3.8, 4) is 0 Å². The molecular weight excluding hydrogens is 530 g/mol. The number of rotatable bonds is 34. The van der Waals surface area contributed by atoms with Crippen LogP contribution in [0.3, 0.4) is 0 Å². The van der Waals surface area contributed by atoms with Crippen LogP contribution in [0.15, 0.2) is 12.2 Å². The lowest BCUT2D eigenvalue weighted by Crippen LogP contribution is -2.17. The summed E-state index contributed by atoms with van der Waals surface area (Å²) < 4.78 is 59.0. The molecule has 238 valence electrons. The van der Waals surface area contributed by atoms with Crippen LogP contribution in [0, 0.1) is 0 Å². The van der Waals surface area contributed by atoms with Crippen LogP contribution < -0.4 is 5.32 Å². The maximum atomic E-state index is 11.2. The van der Waals surface area contributed by atoms with E-state index in [1.165, 1.54) is 0 Å². The predicted molar refractivity (Wildman–Crippen MR) is 148 cm³/mol. The second-order valence-electron chi connectivity index (χ2n) is 8.14. The lowest BCUT2D eigenvalue weighted by molar-refractivity contribution is -0.140. The molecule has 0 aromatic heterocycles. The van der Waals surface area contributed by atoms with Crippen LogP contribution in [0.1, 0.15) is 6.92 Å². The summed E-state index contributed by atoms with van der Waals surface area (Å²) in [7, 11) is 1.89. The molecule has 0 saturated heterocycles. The molecule has 0 rings (SSSR count). The summed E-state index contributed by atoms with van der Waals surface area (Å²) in [5.41, 5.74) is 0.371. The molecule has 1 N–H and O–H groups in total. The zero-order valence-corrected chi connectivity index (χ0v) is 24.7. The quantitative estimate of drug-likeness (QED) is 0.0641. The van der Waals surface area contributed by atoms with Gasteiger partial charge in [-0.2, -0.15) is 0 Å². The molecule has 0 fully saturated rings. The molecule has 0 radical (unpaired) electrons. The van der Waals surface area contributed by atoms with Gasteiger partial charge < -0.3 is 57.4 Å². The first kappa shape index (κ1) is 38.8. The van der Waals surface area contributed by atoms with Crippen LogP contribution in [0.4, 0.5) is 0 Å². The molecule has 0 spiro atoms. The standard InChI is InChI=1S/C27H53NO12/c1-26(2)27(29)40-25-24-39-23-22-38-21-20-37-19-18-36-17-16-35-15-14-34-13-12-33-11-10-32-9-8-31-7-6-30-5-4-28-3/h28H,1,4-25H2,2-3H3. The summed E-state index contributed by atoms with van der Waals surface area (Å²) in [6, 6.07) is 0. The van der Waals surface area contributed by atoms with Crippen molar-refractivity contribution >= 4 is 5.97 Å². The fraction of sp³-hybridized carbons (Fsp3) is 0.889. The van der Waals surface area contributed by atoms with E-state index in [4.69, 9.17) is 52.1 Å². The van der Waals surface area contributed by atoms with Gasteiger partial charge in [0, 0.05) is 12.1 Å². The monoisotopic (exact) mass is 583 g/mol. The molecule has 0 aliphatic carbocycles. The number of carbonyl (C=O) groups is 1. The average Bonchev–Trinajstić information content (AvgIpc) is 2.95. The molecule has 0 bridgehead atoms. The fourth-order valence-corrected chi connectivity index (χ4v) is 2.57. The van der Waals surface area contributed by atoms with Gasteiger partial charge in [0.15, 0.2) is 0 Å². The summed E-state index contributed by atoms with van der Waals surface area (Å²) in [5.74, 6) is -0.411. The topological polar surface area (TPSA) is 131 Å². The predicted octanol–water partition coefficient (Wildman–Crippen LogP) is 0.491.